The van der Waals surface area contributed by atoms with Gasteiger partial charge in [-0.2, -0.15) is 26.8 Å². The van der Waals surface area contributed by atoms with E-state index < -0.39 is 17.3 Å². The molecular formula is C57H101BLiN11NaO6. The number of nitrogens with one attached hydrogen (secondary N) is 1. The number of ether oxygens (including phenoxy) is 2. The van der Waals surface area contributed by atoms with E-state index in [0.29, 0.717) is 49.4 Å². The number of esters is 1. The number of ketones is 1. The summed E-state index contributed by atoms with van der Waals surface area (Å²) in [6.07, 6.45) is 19.3. The molecule has 3 aliphatic heterocycles. The number of carbonyl (C=O) groups excluding carboxylic acids is 4. The van der Waals surface area contributed by atoms with E-state index >= 15 is 0 Å². The molecule has 1 N–H and O–H groups in total. The van der Waals surface area contributed by atoms with Gasteiger partial charge in [-0.1, -0.05) is 55.9 Å². The first kappa shape index (κ1) is 79.7. The number of nitrogens with zero attached hydrogens (tertiary/aromatic N) is 10. The van der Waals surface area contributed by atoms with E-state index in [1.54, 1.807) is 55.6 Å². The van der Waals surface area contributed by atoms with Crippen LogP contribution in [-0.4, -0.2) is 113 Å². The summed E-state index contributed by atoms with van der Waals surface area (Å²) < 4.78 is 17.6. The number of aromatic nitrogens is 8. The second-order valence-electron chi connectivity index (χ2n) is 21.5. The van der Waals surface area contributed by atoms with Crippen molar-refractivity contribution in [1.29, 1.82) is 0 Å². The second-order valence-corrected chi connectivity index (χ2v) is 21.5. The fourth-order valence-corrected chi connectivity index (χ4v) is 7.56. The van der Waals surface area contributed by atoms with Crippen LogP contribution in [0.5, 0.6) is 0 Å². The molecule has 0 aromatic carbocycles. The van der Waals surface area contributed by atoms with Gasteiger partial charge < -0.3 is 23.1 Å². The smallest absolute Gasteiger partial charge is 1.00 e. The number of amides is 2. The molecule has 2 saturated heterocycles. The summed E-state index contributed by atoms with van der Waals surface area (Å²) in [6, 6.07) is 8.28. The fraction of sp³-hybridized carbons (Fsp3) is 0.684. The minimum Gasteiger partial charge on any atom is -1.00 e. The van der Waals surface area contributed by atoms with Gasteiger partial charge in [0, 0.05) is 106 Å². The van der Waals surface area contributed by atoms with Crippen LogP contribution >= 0.6 is 0 Å². The number of aliphatic imine (C=N–C) groups is 1. The van der Waals surface area contributed by atoms with E-state index in [2.05, 4.69) is 71.4 Å². The first-order valence-corrected chi connectivity index (χ1v) is 26.1. The van der Waals surface area contributed by atoms with E-state index in [-0.39, 0.29) is 90.8 Å². The third-order valence-corrected chi connectivity index (χ3v) is 11.9. The summed E-state index contributed by atoms with van der Waals surface area (Å²) in [4.78, 5) is 52.6. The molecule has 0 spiro atoms. The molecule has 3 radical (unpaired) electrons. The Kier molecular flexibility index (Phi) is 42.7. The molecule has 7 heterocycles. The summed E-state index contributed by atoms with van der Waals surface area (Å²) in [7, 11) is 7.63. The molecule has 2 fully saturated rings. The van der Waals surface area contributed by atoms with Gasteiger partial charge in [0.2, 0.25) is 5.91 Å². The Morgan fingerprint density at radius 3 is 1.79 bits per heavy atom. The van der Waals surface area contributed by atoms with Crippen LogP contribution < -0.4 is 53.7 Å². The average molecular weight is 1080 g/mol. The van der Waals surface area contributed by atoms with Crippen LogP contribution in [0.4, 0.5) is 4.79 Å². The maximum absolute atomic E-state index is 12.0. The van der Waals surface area contributed by atoms with Gasteiger partial charge >= 0.3 is 60.5 Å². The molecule has 4 aromatic rings. The number of rotatable bonds is 10. The number of likely N-dealkylation sites (tertiary alicyclic amines) is 1. The number of Topliss-reactive ketones (excluding diaryl/α,β-unsaturated/α-hetero) is 1. The number of aryl methyl sites for hydroxylation is 4. The maximum Gasteiger partial charge on any atom is 1.00 e. The van der Waals surface area contributed by atoms with E-state index in [4.69, 9.17) is 9.47 Å². The molecule has 17 nitrogen and oxygen atoms in total. The molecule has 425 valence electrons. The van der Waals surface area contributed by atoms with Crippen molar-refractivity contribution in [2.24, 2.45) is 56.9 Å². The molecule has 0 bridgehead atoms. The third kappa shape index (κ3) is 33.4. The minimum atomic E-state index is -0.544. The molecule has 20 heteroatoms. The SMILES string of the molecule is C.C.CC(CCC(=O)OC(C)(C)C)CCC(=O)c1ccnn1C.CC1CCC(=O)N(C(=O)OC(C)(C)C)C1.CC1CCC(c2ccnn2C)=NC1.CC1CCC(c2ccnn2C)NC1.Cn1cccn1.[B].[CH2-]CCC.[H-].[Li+].[Na+]. The molecular weight excluding hydrogens is 975 g/mol. The number of hydrogen-bond acceptors (Lipinski definition) is 12. The summed E-state index contributed by atoms with van der Waals surface area (Å²) >= 11 is 0. The van der Waals surface area contributed by atoms with Crippen LogP contribution in [0.25, 0.3) is 0 Å². The van der Waals surface area contributed by atoms with Crippen LogP contribution in [0.2, 0.25) is 0 Å². The quantitative estimate of drug-likeness (QED) is 0.0917. The summed E-state index contributed by atoms with van der Waals surface area (Å²) in [5, 5.41) is 19.7. The fourth-order valence-electron chi connectivity index (χ4n) is 7.56. The van der Waals surface area contributed by atoms with Crippen molar-refractivity contribution in [2.45, 2.75) is 185 Å². The predicted molar refractivity (Wildman–Crippen MR) is 307 cm³/mol. The molecule has 7 rings (SSSR count). The zero-order valence-corrected chi connectivity index (χ0v) is 51.4. The minimum absolute atomic E-state index is 0. The van der Waals surface area contributed by atoms with Gasteiger partial charge in [0.05, 0.1) is 17.1 Å². The van der Waals surface area contributed by atoms with Crippen molar-refractivity contribution >= 4 is 37.9 Å². The summed E-state index contributed by atoms with van der Waals surface area (Å²) in [5.41, 5.74) is 3.36. The number of hydrogen-bond donors (Lipinski definition) is 1. The molecule has 5 atom stereocenters. The second kappa shape index (κ2) is 41.3. The Hall–Kier alpha value is -3.79. The van der Waals surface area contributed by atoms with Crippen LogP contribution in [0, 0.1) is 30.6 Å². The molecule has 2 amide bonds. The Morgan fingerprint density at radius 2 is 1.35 bits per heavy atom. The van der Waals surface area contributed by atoms with Crippen molar-refractivity contribution in [3.63, 3.8) is 0 Å². The van der Waals surface area contributed by atoms with Crippen molar-refractivity contribution in [3.8, 4) is 0 Å². The number of carbonyl (C=O) groups is 4. The summed E-state index contributed by atoms with van der Waals surface area (Å²) in [6.45, 7) is 27.9. The molecule has 0 aliphatic carbocycles. The molecule has 5 unspecified atom stereocenters. The Balaban J connectivity index is -0.000000283. The number of piperidine rings is 2. The van der Waals surface area contributed by atoms with Crippen molar-refractivity contribution in [3.05, 3.63) is 79.3 Å². The first-order valence-electron chi connectivity index (χ1n) is 26.1. The zero-order valence-electron chi connectivity index (χ0n) is 50.4. The zero-order chi connectivity index (χ0) is 54.0. The van der Waals surface area contributed by atoms with E-state index in [0.717, 1.165) is 57.0 Å². The van der Waals surface area contributed by atoms with Crippen LogP contribution in [0.3, 0.4) is 0 Å². The van der Waals surface area contributed by atoms with Gasteiger partial charge in [0.1, 0.15) is 16.9 Å². The van der Waals surface area contributed by atoms with Gasteiger partial charge in [0.15, 0.2) is 5.78 Å². The normalized spacial score (nSPS) is 17.8. The standard InChI is InChI=1S/C16H26N2O3.C11H19NO3.C10H17N3.C10H15N3.C4H6N2.C4H9.2CH4.B.Li.Na.H/c1-12(7-9-15(20)21-16(2,3)4)6-8-14(19)13-10-11-17-18(13)5;1-8-5-6-9(13)12(7-8)10(14)15-11(2,3)4;2*1-8-3-4-9(11-7-8)10-5-6-12-13(10)2;1-6-4-2-3-5-6;1-3-4-2;;;;;;/h10-12H,6-9H2,1-5H3;8H,5-7H2,1-4H3;5-6,8-9,11H,3-4,7H2,1-2H3;5-6,8H,3-4,7H2,1-2H3;2-4H,1H3;1,3-4H2,2H3;2*1H4;;;;/q;;;;;-1;;;;2*+1;-1. The van der Waals surface area contributed by atoms with Gasteiger partial charge in [-0.25, -0.2) is 9.69 Å². The van der Waals surface area contributed by atoms with Crippen molar-refractivity contribution in [2.75, 3.05) is 19.6 Å². The van der Waals surface area contributed by atoms with Gasteiger partial charge in [-0.05, 0) is 141 Å². The van der Waals surface area contributed by atoms with Gasteiger partial charge in [-0.3, -0.25) is 38.1 Å². The van der Waals surface area contributed by atoms with Crippen LogP contribution in [0.1, 0.15) is 197 Å². The van der Waals surface area contributed by atoms with E-state index in [1.165, 1.54) is 47.7 Å². The van der Waals surface area contributed by atoms with Crippen molar-refractivity contribution in [1.82, 2.24) is 49.3 Å². The third-order valence-electron chi connectivity index (χ3n) is 11.9. The monoisotopic (exact) mass is 1080 g/mol. The van der Waals surface area contributed by atoms with Crippen molar-refractivity contribution < 1.29 is 78.5 Å². The van der Waals surface area contributed by atoms with E-state index in [1.807, 2.05) is 88.9 Å². The predicted octanol–water partition coefficient (Wildman–Crippen LogP) is 5.49. The summed E-state index contributed by atoms with van der Waals surface area (Å²) in [5.74, 6) is 2.06. The first-order chi connectivity index (χ1) is 33.8. The number of unbranched alkanes of at least 4 members (excludes halogenated alkanes) is 1. The van der Waals surface area contributed by atoms with Crippen LogP contribution in [0.15, 0.2) is 60.2 Å². The molecule has 4 aromatic heterocycles. The van der Waals surface area contributed by atoms with Gasteiger partial charge in [0.25, 0.3) is 0 Å². The van der Waals surface area contributed by atoms with Gasteiger partial charge in [-0.15, -0.1) is 0 Å². The topological polar surface area (TPSA) is 186 Å². The Morgan fingerprint density at radius 1 is 0.779 bits per heavy atom. The van der Waals surface area contributed by atoms with E-state index in [9.17, 15) is 19.2 Å². The maximum atomic E-state index is 12.0. The Labute approximate surface area is 503 Å². The number of imide groups is 1. The Bertz CT molecular complexity index is 2210. The largest absolute Gasteiger partial charge is 1.00 e. The molecule has 0 saturated carbocycles. The van der Waals surface area contributed by atoms with Crippen LogP contribution in [-0.2, 0) is 47.3 Å². The molecule has 3 aliphatic rings. The molecule has 77 heavy (non-hydrogen) atoms. The average Bonchev–Trinajstić information content (AvgIpc) is 4.16.